The van der Waals surface area contributed by atoms with E-state index in [9.17, 15) is 13.6 Å². The van der Waals surface area contributed by atoms with Gasteiger partial charge in [0, 0.05) is 5.56 Å². The number of oxazole rings is 1. The van der Waals surface area contributed by atoms with Crippen molar-refractivity contribution < 1.29 is 18.0 Å². The second-order valence-electron chi connectivity index (χ2n) is 3.71. The lowest BCUT2D eigenvalue weighted by atomic mass is 10.1. The number of hydrogen-bond acceptors (Lipinski definition) is 5. The smallest absolute Gasteiger partial charge is 0.301 e. The average Bonchev–Trinajstić information content (AvgIpc) is 2.74. The number of nitrogen functional groups attached to an aromatic ring is 1. The van der Waals surface area contributed by atoms with E-state index in [1.807, 2.05) is 5.43 Å². The molecule has 2 rings (SSSR count). The Morgan fingerprint density at radius 3 is 2.47 bits per heavy atom. The highest BCUT2D eigenvalue weighted by molar-refractivity contribution is 6.03. The van der Waals surface area contributed by atoms with E-state index in [0.29, 0.717) is 5.69 Å². The zero-order valence-electron chi connectivity index (χ0n) is 9.83. The number of nitrogens with two attached hydrogens (primary N) is 1. The van der Waals surface area contributed by atoms with Gasteiger partial charge in [0.1, 0.15) is 12.0 Å². The number of hydrogen-bond donors (Lipinski definition) is 3. The molecule has 6 nitrogen and oxygen atoms in total. The van der Waals surface area contributed by atoms with Crippen LogP contribution in [0.4, 0.5) is 20.5 Å². The standard InChI is InChI=1S/C11H10F2N4O2/c1-5-4-19-11(15-5)16-10(18)6-2-7(12)9(17-14)8(13)3-6/h2-4,17H,14H2,1H3,(H,15,16,18). The predicted octanol–water partition coefficient (Wildman–Crippen LogP) is 1.80. The fourth-order valence-electron chi connectivity index (χ4n) is 1.42. The molecule has 0 fully saturated rings. The van der Waals surface area contributed by atoms with E-state index in [2.05, 4.69) is 10.3 Å². The number of rotatable bonds is 3. The highest BCUT2D eigenvalue weighted by atomic mass is 19.1. The molecule has 0 unspecified atom stereocenters. The monoisotopic (exact) mass is 268 g/mol. The maximum absolute atomic E-state index is 13.4. The molecule has 1 aromatic heterocycles. The predicted molar refractivity (Wildman–Crippen MR) is 63.4 cm³/mol. The van der Waals surface area contributed by atoms with Crippen LogP contribution in [-0.4, -0.2) is 10.9 Å². The molecular formula is C11H10F2N4O2. The Morgan fingerprint density at radius 1 is 1.37 bits per heavy atom. The van der Waals surface area contributed by atoms with E-state index in [1.165, 1.54) is 6.26 Å². The second-order valence-corrected chi connectivity index (χ2v) is 3.71. The molecule has 0 radical (unpaired) electrons. The Morgan fingerprint density at radius 2 is 2.00 bits per heavy atom. The molecule has 0 atom stereocenters. The molecule has 0 aliphatic rings. The molecule has 4 N–H and O–H groups in total. The Balaban J connectivity index is 2.24. The van der Waals surface area contributed by atoms with Crippen molar-refractivity contribution in [3.05, 3.63) is 41.3 Å². The molecule has 2 aromatic rings. The summed E-state index contributed by atoms with van der Waals surface area (Å²) < 4.78 is 31.7. The van der Waals surface area contributed by atoms with Crippen LogP contribution in [0, 0.1) is 18.6 Å². The van der Waals surface area contributed by atoms with Crippen molar-refractivity contribution in [2.24, 2.45) is 5.84 Å². The number of aromatic nitrogens is 1. The van der Waals surface area contributed by atoms with Gasteiger partial charge in [-0.3, -0.25) is 16.0 Å². The molecule has 0 saturated heterocycles. The minimum Gasteiger partial charge on any atom is -0.432 e. The van der Waals surface area contributed by atoms with E-state index in [-0.39, 0.29) is 11.6 Å². The molecule has 100 valence electrons. The summed E-state index contributed by atoms with van der Waals surface area (Å²) in [6.45, 7) is 1.67. The molecule has 0 aliphatic heterocycles. The highest BCUT2D eigenvalue weighted by Crippen LogP contribution is 2.20. The lowest BCUT2D eigenvalue weighted by molar-refractivity contribution is 0.102. The van der Waals surface area contributed by atoms with E-state index in [4.69, 9.17) is 10.3 Å². The second kappa shape index (κ2) is 5.02. The molecule has 0 aliphatic carbocycles. The van der Waals surface area contributed by atoms with Crippen LogP contribution < -0.4 is 16.6 Å². The van der Waals surface area contributed by atoms with Gasteiger partial charge in [-0.1, -0.05) is 0 Å². The van der Waals surface area contributed by atoms with Crippen LogP contribution in [-0.2, 0) is 0 Å². The number of nitrogens with zero attached hydrogens (tertiary/aromatic N) is 1. The largest absolute Gasteiger partial charge is 0.432 e. The summed E-state index contributed by atoms with van der Waals surface area (Å²) in [6.07, 6.45) is 1.33. The first-order valence-corrected chi connectivity index (χ1v) is 5.20. The molecule has 1 aromatic carbocycles. The quantitative estimate of drug-likeness (QED) is 0.583. The maximum Gasteiger partial charge on any atom is 0.301 e. The van der Waals surface area contributed by atoms with Crippen molar-refractivity contribution >= 4 is 17.6 Å². The molecule has 1 amide bonds. The van der Waals surface area contributed by atoms with E-state index >= 15 is 0 Å². The Hall–Kier alpha value is -2.48. The number of amides is 1. The number of carbonyl (C=O) groups excluding carboxylic acids is 1. The Labute approximate surface area is 106 Å². The van der Waals surface area contributed by atoms with Crippen molar-refractivity contribution in [2.75, 3.05) is 10.7 Å². The zero-order valence-corrected chi connectivity index (χ0v) is 9.83. The summed E-state index contributed by atoms with van der Waals surface area (Å²) in [4.78, 5) is 15.6. The number of benzene rings is 1. The summed E-state index contributed by atoms with van der Waals surface area (Å²) >= 11 is 0. The highest BCUT2D eigenvalue weighted by Gasteiger charge is 2.16. The number of nitrogens with one attached hydrogen (secondary N) is 2. The number of hydrazine groups is 1. The van der Waals surface area contributed by atoms with Crippen molar-refractivity contribution in [2.45, 2.75) is 6.92 Å². The average molecular weight is 268 g/mol. The number of halogens is 2. The van der Waals surface area contributed by atoms with Gasteiger partial charge in [0.15, 0.2) is 11.6 Å². The summed E-state index contributed by atoms with van der Waals surface area (Å²) in [6, 6.07) is 1.65. The summed E-state index contributed by atoms with van der Waals surface area (Å²) in [7, 11) is 0. The Bertz CT molecular complexity index is 604. The van der Waals surface area contributed by atoms with E-state index in [0.717, 1.165) is 12.1 Å². The molecule has 0 saturated carbocycles. The van der Waals surface area contributed by atoms with Crippen LogP contribution in [0.3, 0.4) is 0 Å². The molecule has 0 bridgehead atoms. The summed E-state index contributed by atoms with van der Waals surface area (Å²) in [5.74, 6) is 2.25. The number of anilines is 2. The van der Waals surface area contributed by atoms with Gasteiger partial charge >= 0.3 is 6.01 Å². The first-order valence-electron chi connectivity index (χ1n) is 5.20. The topological polar surface area (TPSA) is 93.2 Å². The summed E-state index contributed by atoms with van der Waals surface area (Å²) in [5, 5.41) is 2.27. The third-order valence-corrected chi connectivity index (χ3v) is 2.29. The fourth-order valence-corrected chi connectivity index (χ4v) is 1.42. The minimum absolute atomic E-state index is 0.0515. The van der Waals surface area contributed by atoms with Gasteiger partial charge in [-0.25, -0.2) is 8.78 Å². The lowest BCUT2D eigenvalue weighted by Gasteiger charge is -2.06. The van der Waals surface area contributed by atoms with Gasteiger partial charge < -0.3 is 9.84 Å². The van der Waals surface area contributed by atoms with Gasteiger partial charge in [-0.05, 0) is 19.1 Å². The third kappa shape index (κ3) is 2.68. The number of aryl methyl sites for hydroxylation is 1. The van der Waals surface area contributed by atoms with Crippen molar-refractivity contribution in [3.63, 3.8) is 0 Å². The third-order valence-electron chi connectivity index (χ3n) is 2.29. The zero-order chi connectivity index (χ0) is 14.0. The van der Waals surface area contributed by atoms with Crippen LogP contribution in [0.5, 0.6) is 0 Å². The van der Waals surface area contributed by atoms with Crippen LogP contribution in [0.15, 0.2) is 22.8 Å². The molecular weight excluding hydrogens is 258 g/mol. The van der Waals surface area contributed by atoms with Crippen molar-refractivity contribution in [1.29, 1.82) is 0 Å². The van der Waals surface area contributed by atoms with E-state index in [1.54, 1.807) is 6.92 Å². The summed E-state index contributed by atoms with van der Waals surface area (Å²) in [5.41, 5.74) is 1.71. The SMILES string of the molecule is Cc1coc(NC(=O)c2cc(F)c(NN)c(F)c2)n1. The Kier molecular flexibility index (Phi) is 3.43. The van der Waals surface area contributed by atoms with Gasteiger partial charge in [0.25, 0.3) is 5.91 Å². The van der Waals surface area contributed by atoms with Crippen LogP contribution in [0.25, 0.3) is 0 Å². The first-order chi connectivity index (χ1) is 9.01. The molecule has 1 heterocycles. The first kappa shape index (κ1) is 13.0. The lowest BCUT2D eigenvalue weighted by Crippen LogP contribution is -2.15. The van der Waals surface area contributed by atoms with Gasteiger partial charge in [-0.2, -0.15) is 4.98 Å². The van der Waals surface area contributed by atoms with Crippen LogP contribution in [0.2, 0.25) is 0 Å². The van der Waals surface area contributed by atoms with Crippen molar-refractivity contribution in [1.82, 2.24) is 4.98 Å². The minimum atomic E-state index is -0.976. The maximum atomic E-state index is 13.4. The fraction of sp³-hybridized carbons (Fsp3) is 0.0909. The van der Waals surface area contributed by atoms with E-state index < -0.39 is 23.2 Å². The van der Waals surface area contributed by atoms with Crippen LogP contribution in [0.1, 0.15) is 16.1 Å². The van der Waals surface area contributed by atoms with Gasteiger partial charge in [0.2, 0.25) is 0 Å². The van der Waals surface area contributed by atoms with Gasteiger partial charge in [-0.15, -0.1) is 0 Å². The van der Waals surface area contributed by atoms with Gasteiger partial charge in [0.05, 0.1) is 5.69 Å². The molecule has 0 spiro atoms. The van der Waals surface area contributed by atoms with Crippen LogP contribution >= 0.6 is 0 Å². The van der Waals surface area contributed by atoms with Crippen molar-refractivity contribution in [3.8, 4) is 0 Å². The molecule has 19 heavy (non-hydrogen) atoms. The number of carbonyl (C=O) groups is 1. The normalized spacial score (nSPS) is 10.3. The molecule has 8 heteroatoms.